The zero-order valence-corrected chi connectivity index (χ0v) is 13.2. The maximum Gasteiger partial charge on any atom is 0.511 e. The van der Waals surface area contributed by atoms with Crippen LogP contribution in [-0.2, 0) is 0 Å². The van der Waals surface area contributed by atoms with Crippen LogP contribution < -0.4 is 10.3 Å². The van der Waals surface area contributed by atoms with Crippen molar-refractivity contribution in [3.63, 3.8) is 0 Å². The van der Waals surface area contributed by atoms with E-state index < -0.39 is 6.16 Å². The molecule has 0 aliphatic heterocycles. The van der Waals surface area contributed by atoms with Crippen LogP contribution >= 0.6 is 0 Å². The summed E-state index contributed by atoms with van der Waals surface area (Å²) in [5, 5.41) is 13.0. The van der Waals surface area contributed by atoms with Gasteiger partial charge in [0.25, 0.3) is 5.56 Å². The lowest BCUT2D eigenvalue weighted by Crippen LogP contribution is -2.14. The summed E-state index contributed by atoms with van der Waals surface area (Å²) in [6.07, 6.45) is 2.09. The number of ether oxygens (including phenoxy) is 1. The van der Waals surface area contributed by atoms with Gasteiger partial charge in [0.1, 0.15) is 0 Å². The molecule has 3 rings (SSSR count). The molecule has 0 amide bonds. The first-order valence-corrected chi connectivity index (χ1v) is 7.47. The third-order valence-corrected chi connectivity index (χ3v) is 3.88. The number of fused-ring (bicyclic) bond motifs is 1. The Hall–Kier alpha value is -3.16. The van der Waals surface area contributed by atoms with Gasteiger partial charge in [-0.3, -0.25) is 9.78 Å². The van der Waals surface area contributed by atoms with E-state index in [1.54, 1.807) is 6.07 Å². The molecule has 0 spiro atoms. The number of aromatic nitrogens is 4. The van der Waals surface area contributed by atoms with Crippen LogP contribution in [0.2, 0.25) is 0 Å². The lowest BCUT2D eigenvalue weighted by Gasteiger charge is -2.10. The molecule has 2 N–H and O–H groups in total. The minimum absolute atomic E-state index is 0.0392. The number of carbonyl (C=O) groups is 1. The Morgan fingerprint density at radius 2 is 2.25 bits per heavy atom. The van der Waals surface area contributed by atoms with E-state index in [0.717, 1.165) is 12.0 Å². The van der Waals surface area contributed by atoms with Crippen molar-refractivity contribution in [2.75, 3.05) is 0 Å². The van der Waals surface area contributed by atoms with Crippen LogP contribution in [0.25, 0.3) is 16.9 Å². The highest BCUT2D eigenvalue weighted by atomic mass is 16.7. The number of nitrogens with one attached hydrogen (secondary N) is 1. The number of hydrogen-bond acceptors (Lipinski definition) is 5. The summed E-state index contributed by atoms with van der Waals surface area (Å²) in [7, 11) is 0. The Labute approximate surface area is 136 Å². The molecule has 0 aliphatic carbocycles. The summed E-state index contributed by atoms with van der Waals surface area (Å²) in [6, 6.07) is 5.60. The van der Waals surface area contributed by atoms with Crippen LogP contribution in [0, 0.1) is 0 Å². The van der Waals surface area contributed by atoms with Gasteiger partial charge < -0.3 is 9.84 Å². The minimum Gasteiger partial charge on any atom is -0.449 e. The largest absolute Gasteiger partial charge is 0.511 e. The molecule has 1 unspecified atom stereocenters. The van der Waals surface area contributed by atoms with Gasteiger partial charge in [-0.15, -0.1) is 0 Å². The molecule has 1 aromatic carbocycles. The lowest BCUT2D eigenvalue weighted by atomic mass is 9.97. The highest BCUT2D eigenvalue weighted by molar-refractivity contribution is 5.78. The van der Waals surface area contributed by atoms with Gasteiger partial charge in [-0.25, -0.2) is 14.5 Å². The molecule has 0 saturated heterocycles. The second-order valence-electron chi connectivity index (χ2n) is 5.46. The van der Waals surface area contributed by atoms with E-state index in [2.05, 4.69) is 33.7 Å². The number of aromatic amines is 1. The van der Waals surface area contributed by atoms with Gasteiger partial charge in [-0.1, -0.05) is 19.9 Å². The minimum atomic E-state index is -1.44. The summed E-state index contributed by atoms with van der Waals surface area (Å²) < 4.78 is 5.75. The van der Waals surface area contributed by atoms with Crippen molar-refractivity contribution in [1.29, 1.82) is 0 Å². The summed E-state index contributed by atoms with van der Waals surface area (Å²) in [5.74, 6) is 0.580. The van der Waals surface area contributed by atoms with E-state index in [0.29, 0.717) is 16.8 Å². The molecular weight excluding hydrogens is 312 g/mol. The summed E-state index contributed by atoms with van der Waals surface area (Å²) in [4.78, 5) is 29.9. The van der Waals surface area contributed by atoms with E-state index >= 15 is 0 Å². The van der Waals surface area contributed by atoms with Crippen LogP contribution in [0.15, 0.2) is 35.4 Å². The van der Waals surface area contributed by atoms with Crippen LogP contribution in [0.5, 0.6) is 5.75 Å². The first-order chi connectivity index (χ1) is 11.5. The SMILES string of the molecule is CCC(C)c1ccc2nc(-n3cc(OC(=O)O)cn3)[nH]c(=O)c2c1. The van der Waals surface area contributed by atoms with Gasteiger partial charge in [0.15, 0.2) is 5.75 Å². The predicted octanol–water partition coefficient (Wildman–Crippen LogP) is 2.68. The average Bonchev–Trinajstić information content (AvgIpc) is 3.01. The van der Waals surface area contributed by atoms with E-state index in [9.17, 15) is 9.59 Å². The Balaban J connectivity index is 2.03. The topological polar surface area (TPSA) is 110 Å². The lowest BCUT2D eigenvalue weighted by molar-refractivity contribution is 0.144. The predicted molar refractivity (Wildman–Crippen MR) is 86.8 cm³/mol. The van der Waals surface area contributed by atoms with Crippen LogP contribution in [0.4, 0.5) is 4.79 Å². The van der Waals surface area contributed by atoms with Crippen LogP contribution in [-0.4, -0.2) is 31.0 Å². The van der Waals surface area contributed by atoms with Gasteiger partial charge in [0.2, 0.25) is 5.95 Å². The van der Waals surface area contributed by atoms with E-state index in [1.165, 1.54) is 17.1 Å². The quantitative estimate of drug-likeness (QED) is 0.712. The Morgan fingerprint density at radius 1 is 1.46 bits per heavy atom. The number of carboxylic acid groups (broad SMARTS) is 1. The molecule has 24 heavy (non-hydrogen) atoms. The summed E-state index contributed by atoms with van der Waals surface area (Å²) in [5.41, 5.74) is 1.34. The van der Waals surface area contributed by atoms with Crippen molar-refractivity contribution in [1.82, 2.24) is 19.7 Å². The van der Waals surface area contributed by atoms with Crippen molar-refractivity contribution in [3.8, 4) is 11.7 Å². The maximum absolute atomic E-state index is 12.4. The molecule has 0 saturated carbocycles. The number of nitrogens with zero attached hydrogens (tertiary/aromatic N) is 3. The molecule has 1 atom stereocenters. The maximum atomic E-state index is 12.4. The van der Waals surface area contributed by atoms with Gasteiger partial charge in [0.05, 0.1) is 23.3 Å². The summed E-state index contributed by atoms with van der Waals surface area (Å²) in [6.45, 7) is 4.19. The van der Waals surface area contributed by atoms with Gasteiger partial charge in [0, 0.05) is 0 Å². The number of rotatable bonds is 4. The fourth-order valence-corrected chi connectivity index (χ4v) is 2.37. The molecule has 2 aromatic heterocycles. The monoisotopic (exact) mass is 328 g/mol. The molecule has 8 nitrogen and oxygen atoms in total. The Bertz CT molecular complexity index is 960. The van der Waals surface area contributed by atoms with Crippen LogP contribution in [0.3, 0.4) is 0 Å². The van der Waals surface area contributed by atoms with E-state index in [4.69, 9.17) is 5.11 Å². The Morgan fingerprint density at radius 3 is 2.96 bits per heavy atom. The number of H-pyrrole nitrogens is 1. The highest BCUT2D eigenvalue weighted by Crippen LogP contribution is 2.21. The zero-order chi connectivity index (χ0) is 17.3. The fraction of sp³-hybridized carbons (Fsp3) is 0.250. The van der Waals surface area contributed by atoms with Crippen molar-refractivity contribution in [2.45, 2.75) is 26.2 Å². The van der Waals surface area contributed by atoms with Gasteiger partial charge in [-0.05, 0) is 30.0 Å². The average molecular weight is 328 g/mol. The standard InChI is InChI=1S/C16H16N4O4/c1-3-9(2)10-4-5-13-12(6-10)14(21)19-15(18-13)20-8-11(7-17-20)24-16(22)23/h4-9H,3H2,1-2H3,(H,22,23)(H,18,19,21). The second-order valence-corrected chi connectivity index (χ2v) is 5.46. The first-order valence-electron chi connectivity index (χ1n) is 7.47. The van der Waals surface area contributed by atoms with Gasteiger partial charge in [-0.2, -0.15) is 5.10 Å². The fourth-order valence-electron chi connectivity index (χ4n) is 2.37. The third kappa shape index (κ3) is 2.98. The van der Waals surface area contributed by atoms with Crippen molar-refractivity contribution < 1.29 is 14.6 Å². The molecular formula is C16H16N4O4. The van der Waals surface area contributed by atoms with Gasteiger partial charge >= 0.3 is 6.16 Å². The van der Waals surface area contributed by atoms with E-state index in [1.807, 2.05) is 12.1 Å². The molecule has 8 heteroatoms. The molecule has 0 radical (unpaired) electrons. The molecule has 0 fully saturated rings. The number of hydrogen-bond donors (Lipinski definition) is 2. The first kappa shape index (κ1) is 15.7. The zero-order valence-electron chi connectivity index (χ0n) is 13.2. The van der Waals surface area contributed by atoms with Crippen LogP contribution in [0.1, 0.15) is 31.7 Å². The molecule has 2 heterocycles. The van der Waals surface area contributed by atoms with Crippen molar-refractivity contribution in [2.24, 2.45) is 0 Å². The second kappa shape index (κ2) is 6.15. The van der Waals surface area contributed by atoms with E-state index in [-0.39, 0.29) is 17.3 Å². The normalized spacial score (nSPS) is 12.2. The Kier molecular flexibility index (Phi) is 4.03. The van der Waals surface area contributed by atoms with Crippen molar-refractivity contribution in [3.05, 3.63) is 46.5 Å². The smallest absolute Gasteiger partial charge is 0.449 e. The molecule has 0 aliphatic rings. The molecule has 124 valence electrons. The highest BCUT2D eigenvalue weighted by Gasteiger charge is 2.11. The van der Waals surface area contributed by atoms with Crippen molar-refractivity contribution >= 4 is 17.1 Å². The molecule has 0 bridgehead atoms. The molecule has 3 aromatic rings. The third-order valence-electron chi connectivity index (χ3n) is 3.88. The number of benzene rings is 1. The summed E-state index contributed by atoms with van der Waals surface area (Å²) >= 11 is 0.